The molecule has 13 heavy (non-hydrogen) atoms. The summed E-state index contributed by atoms with van der Waals surface area (Å²) in [5.41, 5.74) is 5.63. The van der Waals surface area contributed by atoms with E-state index in [1.165, 1.54) is 0 Å². The van der Waals surface area contributed by atoms with Crippen LogP contribution in [0.5, 0.6) is 0 Å². The van der Waals surface area contributed by atoms with E-state index in [1.54, 1.807) is 21.3 Å². The predicted molar refractivity (Wildman–Crippen MR) is 54.7 cm³/mol. The van der Waals surface area contributed by atoms with E-state index in [2.05, 4.69) is 6.92 Å². The highest BCUT2D eigenvalue weighted by atomic mass is 28.4. The first-order valence-electron chi connectivity index (χ1n) is 4.52. The van der Waals surface area contributed by atoms with Gasteiger partial charge in [0.05, 0.1) is 0 Å². The molecule has 4 nitrogen and oxygen atoms in total. The Morgan fingerprint density at radius 1 is 1.23 bits per heavy atom. The van der Waals surface area contributed by atoms with Crippen molar-refractivity contribution in [1.82, 2.24) is 0 Å². The van der Waals surface area contributed by atoms with Crippen LogP contribution in [0.2, 0.25) is 12.1 Å². The topological polar surface area (TPSA) is 53.7 Å². The van der Waals surface area contributed by atoms with Crippen LogP contribution in [0, 0.1) is 0 Å². The average molecular weight is 207 g/mol. The fourth-order valence-electron chi connectivity index (χ4n) is 1.23. The Kier molecular flexibility index (Phi) is 6.53. The summed E-state index contributed by atoms with van der Waals surface area (Å²) in [7, 11) is 3.07. The molecule has 1 unspecified atom stereocenters. The van der Waals surface area contributed by atoms with E-state index in [9.17, 15) is 0 Å². The molecule has 0 aliphatic heterocycles. The van der Waals surface area contributed by atoms with Gasteiger partial charge >= 0.3 is 8.56 Å². The standard InChI is InChI=1S/C8H21NO3Si/c1-5-13(11-3,12-4)7-6-8(9)10-2/h8H,5-7,9H2,1-4H3. The van der Waals surface area contributed by atoms with Crippen LogP contribution < -0.4 is 5.73 Å². The van der Waals surface area contributed by atoms with Gasteiger partial charge in [0.25, 0.3) is 0 Å². The Balaban J connectivity index is 3.95. The van der Waals surface area contributed by atoms with Gasteiger partial charge in [0, 0.05) is 21.3 Å². The fourth-order valence-corrected chi connectivity index (χ4v) is 3.46. The van der Waals surface area contributed by atoms with E-state index < -0.39 is 8.56 Å². The monoisotopic (exact) mass is 207 g/mol. The molecule has 0 amide bonds. The molecule has 0 aromatic heterocycles. The minimum atomic E-state index is -1.96. The second-order valence-electron chi connectivity index (χ2n) is 2.99. The first kappa shape index (κ1) is 13.1. The van der Waals surface area contributed by atoms with Crippen LogP contribution in [0.4, 0.5) is 0 Å². The molecule has 0 aromatic rings. The summed E-state index contributed by atoms with van der Waals surface area (Å²) in [4.78, 5) is 0. The van der Waals surface area contributed by atoms with Gasteiger partial charge in [-0.3, -0.25) is 0 Å². The molecule has 0 saturated heterocycles. The molecule has 0 aromatic carbocycles. The van der Waals surface area contributed by atoms with Crippen LogP contribution in [0.3, 0.4) is 0 Å². The van der Waals surface area contributed by atoms with Gasteiger partial charge in [-0.1, -0.05) is 6.92 Å². The zero-order valence-electron chi connectivity index (χ0n) is 9.00. The zero-order valence-corrected chi connectivity index (χ0v) is 10.0. The Hall–Kier alpha value is 0.0569. The highest BCUT2D eigenvalue weighted by Gasteiger charge is 2.33. The number of rotatable bonds is 7. The summed E-state index contributed by atoms with van der Waals surface area (Å²) < 4.78 is 15.8. The lowest BCUT2D eigenvalue weighted by atomic mass is 10.4. The van der Waals surface area contributed by atoms with Crippen molar-refractivity contribution < 1.29 is 13.6 Å². The minimum absolute atomic E-state index is 0.205. The Bertz CT molecular complexity index is 122. The van der Waals surface area contributed by atoms with Crippen LogP contribution in [0.25, 0.3) is 0 Å². The molecule has 2 N–H and O–H groups in total. The van der Waals surface area contributed by atoms with Crippen molar-refractivity contribution in [2.45, 2.75) is 31.7 Å². The largest absolute Gasteiger partial charge is 0.398 e. The van der Waals surface area contributed by atoms with Gasteiger partial charge in [0.15, 0.2) is 0 Å². The second kappa shape index (κ2) is 6.50. The van der Waals surface area contributed by atoms with Crippen molar-refractivity contribution >= 4 is 8.56 Å². The van der Waals surface area contributed by atoms with Gasteiger partial charge in [0.1, 0.15) is 6.23 Å². The van der Waals surface area contributed by atoms with Crippen LogP contribution in [0.1, 0.15) is 13.3 Å². The molecule has 0 rings (SSSR count). The van der Waals surface area contributed by atoms with E-state index in [0.29, 0.717) is 0 Å². The van der Waals surface area contributed by atoms with Gasteiger partial charge in [-0.25, -0.2) is 0 Å². The maximum absolute atomic E-state index is 5.63. The number of methoxy groups -OCH3 is 1. The van der Waals surface area contributed by atoms with Crippen LogP contribution >= 0.6 is 0 Å². The Morgan fingerprint density at radius 2 is 1.77 bits per heavy atom. The second-order valence-corrected chi connectivity index (χ2v) is 6.83. The molecule has 0 aliphatic carbocycles. The normalized spacial score (nSPS) is 14.5. The summed E-state index contributed by atoms with van der Waals surface area (Å²) in [6.07, 6.45) is 0.585. The van der Waals surface area contributed by atoms with E-state index in [-0.39, 0.29) is 6.23 Å². The van der Waals surface area contributed by atoms with Crippen molar-refractivity contribution in [2.75, 3.05) is 21.3 Å². The molecule has 1 atom stereocenters. The number of ether oxygens (including phenoxy) is 1. The van der Waals surface area contributed by atoms with Gasteiger partial charge in [-0.2, -0.15) is 0 Å². The lowest BCUT2D eigenvalue weighted by Crippen LogP contribution is -2.40. The molecule has 0 bridgehead atoms. The van der Waals surface area contributed by atoms with Gasteiger partial charge in [-0.05, 0) is 18.5 Å². The van der Waals surface area contributed by atoms with Crippen molar-refractivity contribution in [2.24, 2.45) is 5.73 Å². The quantitative estimate of drug-likeness (QED) is 0.501. The van der Waals surface area contributed by atoms with Crippen molar-refractivity contribution in [3.8, 4) is 0 Å². The van der Waals surface area contributed by atoms with Crippen LogP contribution in [-0.4, -0.2) is 36.1 Å². The van der Waals surface area contributed by atoms with E-state index in [4.69, 9.17) is 19.3 Å². The predicted octanol–water partition coefficient (Wildman–Crippen LogP) is 1.06. The molecular formula is C8H21NO3Si. The highest BCUT2D eigenvalue weighted by molar-refractivity contribution is 6.67. The summed E-state index contributed by atoms with van der Waals surface area (Å²) in [5.74, 6) is 0. The van der Waals surface area contributed by atoms with Gasteiger partial charge < -0.3 is 19.3 Å². The molecular weight excluding hydrogens is 186 g/mol. The van der Waals surface area contributed by atoms with Gasteiger partial charge in [0.2, 0.25) is 0 Å². The summed E-state index contributed by atoms with van der Waals surface area (Å²) in [6.45, 7) is 2.08. The third-order valence-electron chi connectivity index (χ3n) is 2.40. The minimum Gasteiger partial charge on any atom is -0.398 e. The highest BCUT2D eigenvalue weighted by Crippen LogP contribution is 2.19. The van der Waals surface area contributed by atoms with E-state index in [0.717, 1.165) is 18.5 Å². The molecule has 0 spiro atoms. The third-order valence-corrected chi connectivity index (χ3v) is 6.01. The summed E-state index contributed by atoms with van der Waals surface area (Å²) in [6, 6.07) is 1.82. The number of nitrogens with two attached hydrogens (primary N) is 1. The molecule has 0 saturated carbocycles. The maximum atomic E-state index is 5.63. The summed E-state index contributed by atoms with van der Waals surface area (Å²) >= 11 is 0. The van der Waals surface area contributed by atoms with Crippen molar-refractivity contribution in [1.29, 1.82) is 0 Å². The molecule has 0 heterocycles. The number of hydrogen-bond donors (Lipinski definition) is 1. The van der Waals surface area contributed by atoms with Crippen LogP contribution in [-0.2, 0) is 13.6 Å². The third kappa shape index (κ3) is 4.19. The lowest BCUT2D eigenvalue weighted by Gasteiger charge is -2.26. The smallest absolute Gasteiger partial charge is 0.337 e. The first-order chi connectivity index (χ1) is 6.14. The lowest BCUT2D eigenvalue weighted by molar-refractivity contribution is 0.101. The molecule has 0 aliphatic rings. The molecule has 5 heteroatoms. The maximum Gasteiger partial charge on any atom is 0.337 e. The Morgan fingerprint density at radius 3 is 2.08 bits per heavy atom. The van der Waals surface area contributed by atoms with E-state index in [1.807, 2.05) is 0 Å². The van der Waals surface area contributed by atoms with Crippen molar-refractivity contribution in [3.05, 3.63) is 0 Å². The summed E-state index contributed by atoms with van der Waals surface area (Å²) in [5, 5.41) is 0. The molecule has 0 radical (unpaired) electrons. The first-order valence-corrected chi connectivity index (χ1v) is 6.76. The molecule has 80 valence electrons. The fraction of sp³-hybridized carbons (Fsp3) is 1.00. The van der Waals surface area contributed by atoms with Gasteiger partial charge in [-0.15, -0.1) is 0 Å². The zero-order chi connectivity index (χ0) is 10.3. The molecule has 0 fully saturated rings. The SMILES string of the molecule is CC[Si](CCC(N)OC)(OC)OC. The van der Waals surface area contributed by atoms with Crippen molar-refractivity contribution in [3.63, 3.8) is 0 Å². The van der Waals surface area contributed by atoms with E-state index >= 15 is 0 Å². The van der Waals surface area contributed by atoms with Crippen LogP contribution in [0.15, 0.2) is 0 Å². The average Bonchev–Trinajstić information content (AvgIpc) is 2.20. The number of hydrogen-bond acceptors (Lipinski definition) is 4. The Labute approximate surface area is 81.6 Å².